The Kier molecular flexibility index (Phi) is 4.72. The molecule has 0 amide bonds. The van der Waals surface area contributed by atoms with Crippen molar-refractivity contribution in [2.24, 2.45) is 5.92 Å². The summed E-state index contributed by atoms with van der Waals surface area (Å²) >= 11 is 0. The molecule has 0 aliphatic carbocycles. The van der Waals surface area contributed by atoms with Gasteiger partial charge in [-0.15, -0.1) is 0 Å². The smallest absolute Gasteiger partial charge is 0.119 e. The fraction of sp³-hybridized carbons (Fsp3) is 0.333. The molecule has 1 aromatic carbocycles. The summed E-state index contributed by atoms with van der Waals surface area (Å²) in [4.78, 5) is 8.24. The van der Waals surface area contributed by atoms with Gasteiger partial charge in [0.25, 0.3) is 0 Å². The van der Waals surface area contributed by atoms with Crippen molar-refractivity contribution in [1.82, 2.24) is 9.97 Å². The highest BCUT2D eigenvalue weighted by molar-refractivity contribution is 5.46. The van der Waals surface area contributed by atoms with Crippen LogP contribution >= 0.6 is 0 Å². The van der Waals surface area contributed by atoms with Crippen molar-refractivity contribution in [2.75, 3.05) is 11.9 Å². The summed E-state index contributed by atoms with van der Waals surface area (Å²) in [5.74, 6) is 1.44. The van der Waals surface area contributed by atoms with Gasteiger partial charge < -0.3 is 10.1 Å². The Morgan fingerprint density at radius 1 is 1.16 bits per heavy atom. The van der Waals surface area contributed by atoms with Crippen molar-refractivity contribution in [1.29, 1.82) is 0 Å². The zero-order valence-corrected chi connectivity index (χ0v) is 11.3. The first-order valence-electron chi connectivity index (χ1n) is 6.45. The molecule has 1 heterocycles. The van der Waals surface area contributed by atoms with Gasteiger partial charge in [-0.3, -0.25) is 9.97 Å². The van der Waals surface area contributed by atoms with E-state index in [1.165, 1.54) is 0 Å². The molecule has 0 spiro atoms. The third-order valence-corrected chi connectivity index (χ3v) is 2.53. The summed E-state index contributed by atoms with van der Waals surface area (Å²) < 4.78 is 5.64. The predicted octanol–water partition coefficient (Wildman–Crippen LogP) is 3.12. The van der Waals surface area contributed by atoms with E-state index in [9.17, 15) is 0 Å². The van der Waals surface area contributed by atoms with Crippen LogP contribution in [0.4, 0.5) is 5.69 Å². The lowest BCUT2D eigenvalue weighted by Crippen LogP contribution is -2.05. The summed E-state index contributed by atoms with van der Waals surface area (Å²) in [7, 11) is 0. The number of nitrogens with one attached hydrogen (secondary N) is 1. The van der Waals surface area contributed by atoms with E-state index in [2.05, 4.69) is 29.1 Å². The molecule has 19 heavy (non-hydrogen) atoms. The van der Waals surface area contributed by atoms with Crippen molar-refractivity contribution in [3.8, 4) is 5.75 Å². The lowest BCUT2D eigenvalue weighted by molar-refractivity contribution is 0.271. The Balaban J connectivity index is 1.85. The molecule has 0 atom stereocenters. The second kappa shape index (κ2) is 6.73. The molecule has 0 radical (unpaired) electrons. The Bertz CT molecular complexity index is 483. The molecule has 4 heteroatoms. The zero-order chi connectivity index (χ0) is 13.5. The first-order chi connectivity index (χ1) is 9.24. The molecule has 0 fully saturated rings. The molecule has 100 valence electrons. The van der Waals surface area contributed by atoms with Crippen LogP contribution in [0.3, 0.4) is 0 Å². The molecular weight excluding hydrogens is 238 g/mol. The van der Waals surface area contributed by atoms with Gasteiger partial charge in [0.05, 0.1) is 25.0 Å². The van der Waals surface area contributed by atoms with E-state index < -0.39 is 0 Å². The number of benzene rings is 1. The van der Waals surface area contributed by atoms with Crippen LogP contribution in [0, 0.1) is 5.92 Å². The van der Waals surface area contributed by atoms with E-state index in [0.29, 0.717) is 12.5 Å². The van der Waals surface area contributed by atoms with Gasteiger partial charge >= 0.3 is 0 Å². The van der Waals surface area contributed by atoms with E-state index in [1.807, 2.05) is 24.3 Å². The van der Waals surface area contributed by atoms with Gasteiger partial charge in [-0.25, -0.2) is 0 Å². The quantitative estimate of drug-likeness (QED) is 0.863. The maximum Gasteiger partial charge on any atom is 0.119 e. The van der Waals surface area contributed by atoms with Gasteiger partial charge in [0.2, 0.25) is 0 Å². The van der Waals surface area contributed by atoms with Gasteiger partial charge in [-0.1, -0.05) is 13.8 Å². The van der Waals surface area contributed by atoms with Crippen LogP contribution in [0.1, 0.15) is 19.5 Å². The van der Waals surface area contributed by atoms with E-state index in [0.717, 1.165) is 23.7 Å². The van der Waals surface area contributed by atoms with Crippen LogP contribution in [0.15, 0.2) is 42.9 Å². The average Bonchev–Trinajstić information content (AvgIpc) is 2.45. The number of hydrogen-bond acceptors (Lipinski definition) is 4. The highest BCUT2D eigenvalue weighted by Crippen LogP contribution is 2.16. The van der Waals surface area contributed by atoms with Crippen molar-refractivity contribution >= 4 is 5.69 Å². The minimum Gasteiger partial charge on any atom is -0.493 e. The molecule has 2 rings (SSSR count). The average molecular weight is 257 g/mol. The normalized spacial score (nSPS) is 10.5. The SMILES string of the molecule is CC(C)COc1ccc(NCc2cnccn2)cc1. The molecule has 0 aliphatic rings. The third kappa shape index (κ3) is 4.58. The number of ether oxygens (including phenoxy) is 1. The molecule has 0 saturated carbocycles. The summed E-state index contributed by atoms with van der Waals surface area (Å²) in [6.45, 7) is 5.68. The fourth-order valence-corrected chi connectivity index (χ4v) is 1.55. The summed E-state index contributed by atoms with van der Waals surface area (Å²) in [6, 6.07) is 7.96. The van der Waals surface area contributed by atoms with E-state index in [1.54, 1.807) is 18.6 Å². The third-order valence-electron chi connectivity index (χ3n) is 2.53. The molecule has 0 aliphatic heterocycles. The molecule has 0 saturated heterocycles. The summed E-state index contributed by atoms with van der Waals surface area (Å²) in [5, 5.41) is 3.29. The highest BCUT2D eigenvalue weighted by Gasteiger charge is 1.98. The van der Waals surface area contributed by atoms with Gasteiger partial charge in [0.15, 0.2) is 0 Å². The second-order valence-electron chi connectivity index (χ2n) is 4.78. The molecule has 1 aromatic heterocycles. The van der Waals surface area contributed by atoms with Crippen LogP contribution in [0.5, 0.6) is 5.75 Å². The number of aromatic nitrogens is 2. The molecule has 0 bridgehead atoms. The lowest BCUT2D eigenvalue weighted by atomic mass is 10.2. The topological polar surface area (TPSA) is 47.0 Å². The van der Waals surface area contributed by atoms with Crippen LogP contribution in [0.2, 0.25) is 0 Å². The second-order valence-corrected chi connectivity index (χ2v) is 4.78. The van der Waals surface area contributed by atoms with Gasteiger partial charge in [0.1, 0.15) is 5.75 Å². The van der Waals surface area contributed by atoms with E-state index in [4.69, 9.17) is 4.74 Å². The van der Waals surface area contributed by atoms with Gasteiger partial charge in [-0.2, -0.15) is 0 Å². The Hall–Kier alpha value is -2.10. The number of rotatable bonds is 6. The molecule has 1 N–H and O–H groups in total. The van der Waals surface area contributed by atoms with Crippen LogP contribution in [-0.2, 0) is 6.54 Å². The lowest BCUT2D eigenvalue weighted by Gasteiger charge is -2.10. The minimum absolute atomic E-state index is 0.537. The number of hydrogen-bond donors (Lipinski definition) is 1. The van der Waals surface area contributed by atoms with Crippen molar-refractivity contribution in [3.05, 3.63) is 48.5 Å². The highest BCUT2D eigenvalue weighted by atomic mass is 16.5. The van der Waals surface area contributed by atoms with E-state index >= 15 is 0 Å². The van der Waals surface area contributed by atoms with Gasteiger partial charge in [-0.05, 0) is 30.2 Å². The van der Waals surface area contributed by atoms with Crippen LogP contribution in [-0.4, -0.2) is 16.6 Å². The fourth-order valence-electron chi connectivity index (χ4n) is 1.55. The van der Waals surface area contributed by atoms with Gasteiger partial charge in [0, 0.05) is 18.1 Å². The predicted molar refractivity (Wildman–Crippen MR) is 76.1 cm³/mol. The Morgan fingerprint density at radius 3 is 2.58 bits per heavy atom. The van der Waals surface area contributed by atoms with Crippen molar-refractivity contribution < 1.29 is 4.74 Å². The molecular formula is C15H19N3O. The van der Waals surface area contributed by atoms with Crippen LogP contribution < -0.4 is 10.1 Å². The number of anilines is 1. The molecule has 2 aromatic rings. The maximum atomic E-state index is 5.64. The molecule has 0 unspecified atom stereocenters. The zero-order valence-electron chi connectivity index (χ0n) is 11.3. The minimum atomic E-state index is 0.537. The van der Waals surface area contributed by atoms with Crippen molar-refractivity contribution in [2.45, 2.75) is 20.4 Å². The van der Waals surface area contributed by atoms with E-state index in [-0.39, 0.29) is 0 Å². The first-order valence-corrected chi connectivity index (χ1v) is 6.45. The summed E-state index contributed by atoms with van der Waals surface area (Å²) in [6.07, 6.45) is 5.12. The largest absolute Gasteiger partial charge is 0.493 e. The monoisotopic (exact) mass is 257 g/mol. The Morgan fingerprint density at radius 2 is 1.95 bits per heavy atom. The maximum absolute atomic E-state index is 5.64. The van der Waals surface area contributed by atoms with Crippen LogP contribution in [0.25, 0.3) is 0 Å². The Labute approximate surface area is 113 Å². The molecule has 4 nitrogen and oxygen atoms in total. The summed E-state index contributed by atoms with van der Waals surface area (Å²) in [5.41, 5.74) is 1.96. The number of nitrogens with zero attached hydrogens (tertiary/aromatic N) is 2. The standard InChI is InChI=1S/C15H19N3O/c1-12(2)11-19-15-5-3-13(4-6-15)18-10-14-9-16-7-8-17-14/h3-9,12,18H,10-11H2,1-2H3. The first kappa shape index (κ1) is 13.3. The van der Waals surface area contributed by atoms with Crippen molar-refractivity contribution in [3.63, 3.8) is 0 Å².